The van der Waals surface area contributed by atoms with E-state index in [2.05, 4.69) is 125 Å². The number of ether oxygens (including phenoxy) is 4. The molecule has 19 heteroatoms. The monoisotopic (exact) mass is 1500 g/mol. The van der Waals surface area contributed by atoms with E-state index in [0.29, 0.717) is 32.1 Å². The minimum absolute atomic E-state index is 0.0807. The van der Waals surface area contributed by atoms with E-state index in [-0.39, 0.29) is 25.7 Å². The molecule has 0 saturated carbocycles. The average molecular weight is 1500 g/mol. The number of rotatable bonds is 77. The van der Waals surface area contributed by atoms with Crippen LogP contribution in [0.5, 0.6) is 0 Å². The summed E-state index contributed by atoms with van der Waals surface area (Å²) in [5.74, 6) is -2.25. The molecule has 5 unspecified atom stereocenters. The molecule has 0 bridgehead atoms. The van der Waals surface area contributed by atoms with Gasteiger partial charge in [-0.15, -0.1) is 0 Å². The summed E-state index contributed by atoms with van der Waals surface area (Å²) in [5, 5.41) is 10.6. The normalized spacial score (nSPS) is 14.4. The number of esters is 4. The van der Waals surface area contributed by atoms with Gasteiger partial charge in [-0.2, -0.15) is 0 Å². The number of aliphatic hydroxyl groups excluding tert-OH is 1. The van der Waals surface area contributed by atoms with Crippen molar-refractivity contribution >= 4 is 39.5 Å². The standard InChI is InChI=1S/C85H148O17P2/c1-5-9-13-17-21-25-29-33-36-38-39-41-44-47-50-54-58-62-66-70-83(88)95-75-80(101-84(89)71-67-63-59-55-51-45-32-28-24-20-16-12-8-4)77-99-103(91,92)97-73-79(86)74-98-104(93,94)100-78-81(102-85(90)72-68-64-60-56-52-48-42-35-31-27-23-19-15-11-7-3)76-96-82(87)69-65-61-57-53-49-46-43-40-37-34-30-26-22-18-14-10-6-2/h10,14,21-22,25-26,28,32-34,36-37,39,41,43,46,53,57,79-81,86H,5-9,11-13,15-20,23-24,27,29-31,35,38,40,42,44-45,47-52,54-56,58-78H2,1-4H3,(H,91,92)(H,93,94)/b14-10-,25-21-,26-22-,32-28-,36-33-,37-34-,41-39-,46-43-,57-53-. The second-order valence-electron chi connectivity index (χ2n) is 27.3. The molecule has 5 atom stereocenters. The highest BCUT2D eigenvalue weighted by molar-refractivity contribution is 7.47. The number of unbranched alkanes of at least 4 members (excludes halogenated alkanes) is 33. The molecule has 0 aliphatic rings. The molecule has 0 rings (SSSR count). The first-order chi connectivity index (χ1) is 50.7. The second kappa shape index (κ2) is 76.9. The summed E-state index contributed by atoms with van der Waals surface area (Å²) in [6.45, 7) is 4.68. The lowest BCUT2D eigenvalue weighted by molar-refractivity contribution is -0.161. The molecule has 0 aromatic carbocycles. The van der Waals surface area contributed by atoms with Crippen LogP contribution in [0.3, 0.4) is 0 Å². The van der Waals surface area contributed by atoms with Crippen molar-refractivity contribution in [3.05, 3.63) is 109 Å². The predicted octanol–water partition coefficient (Wildman–Crippen LogP) is 24.1. The maximum Gasteiger partial charge on any atom is 0.472 e. The van der Waals surface area contributed by atoms with Crippen molar-refractivity contribution in [3.8, 4) is 0 Å². The SMILES string of the molecule is CC/C=C\C/C=C\C/C=C\C/C=C\C/C=C\CCCC(=O)OCC(COP(=O)(O)OCC(O)COP(=O)(O)OCC(COC(=O)CCCCCCCC/C=C\C/C=C\C/C=C\CCCCC)OC(=O)CCCCCCC/C=C\CCCCCC)OC(=O)CCCCCCCCCCCCCCCCC. The molecule has 0 spiro atoms. The lowest BCUT2D eigenvalue weighted by atomic mass is 10.0. The fourth-order valence-electron chi connectivity index (χ4n) is 11.0. The predicted molar refractivity (Wildman–Crippen MR) is 427 cm³/mol. The molecule has 0 aliphatic carbocycles. The van der Waals surface area contributed by atoms with Crippen molar-refractivity contribution in [2.75, 3.05) is 39.6 Å². The third-order valence-corrected chi connectivity index (χ3v) is 19.1. The molecule has 0 heterocycles. The van der Waals surface area contributed by atoms with Crippen molar-refractivity contribution in [1.82, 2.24) is 0 Å². The van der Waals surface area contributed by atoms with Crippen molar-refractivity contribution in [3.63, 3.8) is 0 Å². The van der Waals surface area contributed by atoms with E-state index in [4.69, 9.17) is 37.0 Å². The van der Waals surface area contributed by atoms with Crippen molar-refractivity contribution in [1.29, 1.82) is 0 Å². The topological polar surface area (TPSA) is 237 Å². The van der Waals surface area contributed by atoms with Crippen LogP contribution in [0.25, 0.3) is 0 Å². The summed E-state index contributed by atoms with van der Waals surface area (Å²) < 4.78 is 68.6. The number of aliphatic hydroxyl groups is 1. The van der Waals surface area contributed by atoms with E-state index in [9.17, 15) is 43.2 Å². The van der Waals surface area contributed by atoms with Crippen LogP contribution >= 0.6 is 15.6 Å². The van der Waals surface area contributed by atoms with Crippen molar-refractivity contribution < 1.29 is 80.2 Å². The molecule has 600 valence electrons. The molecule has 0 amide bonds. The van der Waals surface area contributed by atoms with Gasteiger partial charge in [-0.3, -0.25) is 37.3 Å². The Bertz CT molecular complexity index is 2390. The van der Waals surface area contributed by atoms with E-state index in [1.165, 1.54) is 109 Å². The van der Waals surface area contributed by atoms with Crippen LogP contribution in [0, 0.1) is 0 Å². The Morgan fingerprint density at radius 3 is 0.846 bits per heavy atom. The Labute approximate surface area is 632 Å². The largest absolute Gasteiger partial charge is 0.472 e. The van der Waals surface area contributed by atoms with Gasteiger partial charge in [0, 0.05) is 25.7 Å². The maximum absolute atomic E-state index is 13.1. The fourth-order valence-corrected chi connectivity index (χ4v) is 12.5. The molecule has 3 N–H and O–H groups in total. The first-order valence-electron chi connectivity index (χ1n) is 41.1. The Kier molecular flexibility index (Phi) is 73.7. The van der Waals surface area contributed by atoms with E-state index in [0.717, 1.165) is 154 Å². The minimum atomic E-state index is -4.99. The van der Waals surface area contributed by atoms with Crippen LogP contribution in [-0.2, 0) is 65.4 Å². The summed E-state index contributed by atoms with van der Waals surface area (Å²) in [7, 11) is -9.97. The van der Waals surface area contributed by atoms with Crippen LogP contribution in [0.4, 0.5) is 0 Å². The van der Waals surface area contributed by atoms with Gasteiger partial charge in [-0.05, 0) is 128 Å². The molecule has 17 nitrogen and oxygen atoms in total. The summed E-state index contributed by atoms with van der Waals surface area (Å²) in [5.41, 5.74) is 0. The van der Waals surface area contributed by atoms with Gasteiger partial charge in [0.15, 0.2) is 12.2 Å². The van der Waals surface area contributed by atoms with Gasteiger partial charge in [0.1, 0.15) is 19.3 Å². The van der Waals surface area contributed by atoms with Gasteiger partial charge in [0.05, 0.1) is 26.4 Å². The first kappa shape index (κ1) is 99.7. The minimum Gasteiger partial charge on any atom is -0.462 e. The third-order valence-electron chi connectivity index (χ3n) is 17.2. The quantitative estimate of drug-likeness (QED) is 0.0169. The lowest BCUT2D eigenvalue weighted by Gasteiger charge is -2.21. The molecule has 0 fully saturated rings. The second-order valence-corrected chi connectivity index (χ2v) is 30.2. The third kappa shape index (κ3) is 75.9. The van der Waals surface area contributed by atoms with Gasteiger partial charge in [0.25, 0.3) is 0 Å². The summed E-state index contributed by atoms with van der Waals surface area (Å²) in [6, 6.07) is 0. The van der Waals surface area contributed by atoms with E-state index in [1.54, 1.807) is 0 Å². The first-order valence-corrected chi connectivity index (χ1v) is 44.1. The van der Waals surface area contributed by atoms with Crippen LogP contribution in [0.1, 0.15) is 349 Å². The number of allylic oxidation sites excluding steroid dienone is 18. The number of phosphoric ester groups is 2. The van der Waals surface area contributed by atoms with E-state index in [1.807, 2.05) is 12.2 Å². The van der Waals surface area contributed by atoms with Gasteiger partial charge >= 0.3 is 39.5 Å². The molecular weight excluding hydrogens is 1350 g/mol. The number of carbonyl (C=O) groups is 4. The molecular formula is C85H148O17P2. The summed E-state index contributed by atoms with van der Waals surface area (Å²) in [6.07, 6.45) is 83.5. The molecule has 0 radical (unpaired) electrons. The molecule has 0 aromatic heterocycles. The average Bonchev–Trinajstić information content (AvgIpc) is 0.939. The fraction of sp³-hybridized carbons (Fsp3) is 0.741. The molecule has 0 aromatic rings. The zero-order chi connectivity index (χ0) is 76.0. The number of hydrogen-bond donors (Lipinski definition) is 3. The smallest absolute Gasteiger partial charge is 0.462 e. The zero-order valence-corrected chi connectivity index (χ0v) is 67.5. The highest BCUT2D eigenvalue weighted by Crippen LogP contribution is 2.45. The van der Waals surface area contributed by atoms with Gasteiger partial charge in [-0.1, -0.05) is 304 Å². The van der Waals surface area contributed by atoms with Crippen LogP contribution in [0.2, 0.25) is 0 Å². The zero-order valence-electron chi connectivity index (χ0n) is 65.7. The van der Waals surface area contributed by atoms with Crippen molar-refractivity contribution in [2.45, 2.75) is 367 Å². The van der Waals surface area contributed by atoms with Gasteiger partial charge in [-0.25, -0.2) is 9.13 Å². The van der Waals surface area contributed by atoms with Crippen LogP contribution < -0.4 is 0 Å². The number of carbonyl (C=O) groups excluding carboxylic acids is 4. The summed E-state index contributed by atoms with van der Waals surface area (Å²) >= 11 is 0. The maximum atomic E-state index is 13.1. The Morgan fingerprint density at radius 1 is 0.279 bits per heavy atom. The number of hydrogen-bond acceptors (Lipinski definition) is 15. The Balaban J connectivity index is 5.39. The van der Waals surface area contributed by atoms with E-state index >= 15 is 0 Å². The Hall–Kier alpha value is -4.28. The molecule has 104 heavy (non-hydrogen) atoms. The van der Waals surface area contributed by atoms with Crippen molar-refractivity contribution in [2.24, 2.45) is 0 Å². The van der Waals surface area contributed by atoms with Gasteiger partial charge < -0.3 is 33.8 Å². The lowest BCUT2D eigenvalue weighted by Crippen LogP contribution is -2.30. The van der Waals surface area contributed by atoms with Gasteiger partial charge in [0.2, 0.25) is 0 Å². The highest BCUT2D eigenvalue weighted by atomic mass is 31.2. The number of phosphoric acid groups is 2. The van der Waals surface area contributed by atoms with Crippen LogP contribution in [-0.4, -0.2) is 96.7 Å². The summed E-state index contributed by atoms with van der Waals surface area (Å²) in [4.78, 5) is 73.1. The van der Waals surface area contributed by atoms with E-state index < -0.39 is 97.5 Å². The van der Waals surface area contributed by atoms with Crippen LogP contribution in [0.15, 0.2) is 109 Å². The molecule has 0 aliphatic heterocycles. The Morgan fingerprint density at radius 2 is 0.510 bits per heavy atom. The highest BCUT2D eigenvalue weighted by Gasteiger charge is 2.30. The molecule has 0 saturated heterocycles.